The summed E-state index contributed by atoms with van der Waals surface area (Å²) in [6, 6.07) is 20.3. The van der Waals surface area contributed by atoms with E-state index in [1.54, 1.807) is 18.2 Å². The van der Waals surface area contributed by atoms with Gasteiger partial charge in [0.1, 0.15) is 6.61 Å². The molecule has 1 aliphatic heterocycles. The summed E-state index contributed by atoms with van der Waals surface area (Å²) in [5, 5.41) is 4.46. The van der Waals surface area contributed by atoms with E-state index in [0.29, 0.717) is 50.5 Å². The summed E-state index contributed by atoms with van der Waals surface area (Å²) in [5.41, 5.74) is 2.41. The first-order chi connectivity index (χ1) is 16.0. The Morgan fingerprint density at radius 1 is 1.00 bits per heavy atom. The molecule has 0 saturated carbocycles. The average Bonchev–Trinajstić information content (AvgIpc) is 3.14. The zero-order chi connectivity index (χ0) is 23.2. The molecule has 168 valence electrons. The standard InChI is InChI=1S/C25H20Cl2N2O3S/c1-2-31-22-13-17(9-12-21(22)32-15-16-7-10-18(26)11-8-16)14-23-24(30)29-25(33-23)28-20-6-4-3-5-19(20)27/h3-14H,2,15H2,1H3,(H,28,29,30)/b23-14+. The lowest BCUT2D eigenvalue weighted by atomic mass is 10.2. The van der Waals surface area contributed by atoms with E-state index in [1.807, 2.05) is 61.5 Å². The Balaban J connectivity index is 1.51. The molecule has 1 N–H and O–H groups in total. The Morgan fingerprint density at radius 2 is 1.79 bits per heavy atom. The number of aliphatic imine (C=N–C) groups is 1. The van der Waals surface area contributed by atoms with Crippen LogP contribution in [-0.4, -0.2) is 17.7 Å². The maximum Gasteiger partial charge on any atom is 0.264 e. The van der Waals surface area contributed by atoms with Crippen molar-refractivity contribution in [2.24, 2.45) is 4.99 Å². The number of amidine groups is 1. The summed E-state index contributed by atoms with van der Waals surface area (Å²) in [6.45, 7) is 2.78. The van der Waals surface area contributed by atoms with Gasteiger partial charge in [-0.2, -0.15) is 0 Å². The maximum absolute atomic E-state index is 12.4. The molecule has 1 fully saturated rings. The van der Waals surface area contributed by atoms with Crippen LogP contribution in [0.5, 0.6) is 11.5 Å². The second-order valence-corrected chi connectivity index (χ2v) is 8.86. The molecule has 1 heterocycles. The Hall–Kier alpha value is -2.93. The third-order valence-electron chi connectivity index (χ3n) is 4.60. The highest BCUT2D eigenvalue weighted by atomic mass is 35.5. The van der Waals surface area contributed by atoms with Gasteiger partial charge in [-0.3, -0.25) is 4.79 Å². The van der Waals surface area contributed by atoms with Crippen molar-refractivity contribution in [3.8, 4) is 11.5 Å². The largest absolute Gasteiger partial charge is 0.490 e. The third-order valence-corrected chi connectivity index (χ3v) is 6.08. The number of halogens is 2. The Kier molecular flexibility index (Phi) is 7.60. The molecule has 0 aliphatic carbocycles. The molecule has 0 aromatic heterocycles. The van der Waals surface area contributed by atoms with Gasteiger partial charge in [-0.15, -0.1) is 0 Å². The van der Waals surface area contributed by atoms with Crippen molar-refractivity contribution in [2.75, 3.05) is 6.61 Å². The second kappa shape index (κ2) is 10.8. The van der Waals surface area contributed by atoms with Crippen molar-refractivity contribution >= 4 is 57.8 Å². The molecule has 0 bridgehead atoms. The molecule has 8 heteroatoms. The smallest absolute Gasteiger partial charge is 0.264 e. The fourth-order valence-corrected chi connectivity index (χ4v) is 4.17. The molecule has 0 radical (unpaired) electrons. The number of carbonyl (C=O) groups is 1. The first-order valence-corrected chi connectivity index (χ1v) is 11.8. The molecule has 1 aliphatic rings. The van der Waals surface area contributed by atoms with Crippen LogP contribution in [0, 0.1) is 0 Å². The monoisotopic (exact) mass is 498 g/mol. The predicted molar refractivity (Wildman–Crippen MR) is 136 cm³/mol. The van der Waals surface area contributed by atoms with Gasteiger partial charge in [-0.1, -0.05) is 53.5 Å². The van der Waals surface area contributed by atoms with Crippen molar-refractivity contribution in [1.29, 1.82) is 0 Å². The van der Waals surface area contributed by atoms with Crippen molar-refractivity contribution in [1.82, 2.24) is 5.32 Å². The van der Waals surface area contributed by atoms with Crippen LogP contribution in [0.4, 0.5) is 5.69 Å². The molecule has 4 rings (SSSR count). The molecule has 1 amide bonds. The number of benzene rings is 3. The van der Waals surface area contributed by atoms with Crippen LogP contribution in [0.2, 0.25) is 10.0 Å². The number of ether oxygens (including phenoxy) is 2. The molecule has 33 heavy (non-hydrogen) atoms. The Bertz CT molecular complexity index is 1230. The number of hydrogen-bond acceptors (Lipinski definition) is 5. The van der Waals surface area contributed by atoms with Gasteiger partial charge in [0.15, 0.2) is 16.7 Å². The van der Waals surface area contributed by atoms with E-state index in [4.69, 9.17) is 32.7 Å². The summed E-state index contributed by atoms with van der Waals surface area (Å²) >= 11 is 13.4. The van der Waals surface area contributed by atoms with E-state index in [9.17, 15) is 4.79 Å². The summed E-state index contributed by atoms with van der Waals surface area (Å²) in [4.78, 5) is 17.4. The van der Waals surface area contributed by atoms with E-state index < -0.39 is 0 Å². The number of para-hydroxylation sites is 1. The third kappa shape index (κ3) is 6.11. The zero-order valence-corrected chi connectivity index (χ0v) is 20.0. The van der Waals surface area contributed by atoms with E-state index in [0.717, 1.165) is 11.1 Å². The molecule has 3 aromatic carbocycles. The van der Waals surface area contributed by atoms with Gasteiger partial charge in [0.2, 0.25) is 0 Å². The quantitative estimate of drug-likeness (QED) is 0.361. The number of amides is 1. The van der Waals surface area contributed by atoms with Crippen molar-refractivity contribution in [2.45, 2.75) is 13.5 Å². The topological polar surface area (TPSA) is 59.9 Å². The fourth-order valence-electron chi connectivity index (χ4n) is 3.03. The minimum absolute atomic E-state index is 0.216. The van der Waals surface area contributed by atoms with Crippen molar-refractivity contribution < 1.29 is 14.3 Å². The van der Waals surface area contributed by atoms with E-state index in [2.05, 4.69) is 10.3 Å². The van der Waals surface area contributed by atoms with Crippen LogP contribution >= 0.6 is 35.0 Å². The van der Waals surface area contributed by atoms with Gasteiger partial charge in [-0.05, 0) is 72.3 Å². The summed E-state index contributed by atoms with van der Waals surface area (Å²) in [7, 11) is 0. The SMILES string of the molecule is CCOc1cc(/C=C2/SC(=Nc3ccccc3Cl)NC2=O)ccc1OCc1ccc(Cl)cc1. The number of nitrogens with one attached hydrogen (secondary N) is 1. The van der Waals surface area contributed by atoms with Crippen LogP contribution in [0.15, 0.2) is 76.6 Å². The highest BCUT2D eigenvalue weighted by molar-refractivity contribution is 8.18. The molecule has 0 unspecified atom stereocenters. The lowest BCUT2D eigenvalue weighted by Crippen LogP contribution is -2.19. The minimum atomic E-state index is -0.216. The van der Waals surface area contributed by atoms with Crippen LogP contribution in [0.1, 0.15) is 18.1 Å². The first-order valence-electron chi connectivity index (χ1n) is 10.2. The van der Waals surface area contributed by atoms with Crippen molar-refractivity contribution in [3.05, 3.63) is 92.8 Å². The maximum atomic E-state index is 12.4. The highest BCUT2D eigenvalue weighted by Crippen LogP contribution is 2.34. The number of thioether (sulfide) groups is 1. The predicted octanol–water partition coefficient (Wildman–Crippen LogP) is 6.86. The number of carbonyl (C=O) groups excluding carboxylic acids is 1. The summed E-state index contributed by atoms with van der Waals surface area (Å²) in [5.74, 6) is 1.01. The van der Waals surface area contributed by atoms with Crippen LogP contribution < -0.4 is 14.8 Å². The Morgan fingerprint density at radius 3 is 2.55 bits per heavy atom. The van der Waals surface area contributed by atoms with Gasteiger partial charge >= 0.3 is 0 Å². The van der Waals surface area contributed by atoms with Gasteiger partial charge in [0, 0.05) is 5.02 Å². The van der Waals surface area contributed by atoms with Crippen LogP contribution in [0.3, 0.4) is 0 Å². The molecular weight excluding hydrogens is 479 g/mol. The van der Waals surface area contributed by atoms with Gasteiger partial charge < -0.3 is 14.8 Å². The van der Waals surface area contributed by atoms with Crippen molar-refractivity contribution in [3.63, 3.8) is 0 Å². The van der Waals surface area contributed by atoms with Crippen LogP contribution in [-0.2, 0) is 11.4 Å². The van der Waals surface area contributed by atoms with E-state index in [-0.39, 0.29) is 5.91 Å². The normalized spacial score (nSPS) is 15.7. The van der Waals surface area contributed by atoms with Gasteiger partial charge in [0.05, 0.1) is 22.2 Å². The second-order valence-electron chi connectivity index (χ2n) is 6.99. The Labute approximate surface area is 206 Å². The summed E-state index contributed by atoms with van der Waals surface area (Å²) in [6.07, 6.45) is 1.79. The fraction of sp³-hybridized carbons (Fsp3) is 0.120. The number of nitrogens with zero attached hydrogens (tertiary/aromatic N) is 1. The lowest BCUT2D eigenvalue weighted by molar-refractivity contribution is -0.115. The molecule has 5 nitrogen and oxygen atoms in total. The molecule has 0 spiro atoms. The highest BCUT2D eigenvalue weighted by Gasteiger charge is 2.24. The first kappa shape index (κ1) is 23.2. The zero-order valence-electron chi connectivity index (χ0n) is 17.7. The molecule has 1 saturated heterocycles. The van der Waals surface area contributed by atoms with Gasteiger partial charge in [0.25, 0.3) is 5.91 Å². The van der Waals surface area contributed by atoms with E-state index >= 15 is 0 Å². The number of rotatable bonds is 7. The lowest BCUT2D eigenvalue weighted by Gasteiger charge is -2.13. The van der Waals surface area contributed by atoms with Gasteiger partial charge in [-0.25, -0.2) is 4.99 Å². The number of hydrogen-bond donors (Lipinski definition) is 1. The average molecular weight is 499 g/mol. The van der Waals surface area contributed by atoms with Crippen LogP contribution in [0.25, 0.3) is 6.08 Å². The summed E-state index contributed by atoms with van der Waals surface area (Å²) < 4.78 is 11.7. The molecular formula is C25H20Cl2N2O3S. The minimum Gasteiger partial charge on any atom is -0.490 e. The van der Waals surface area contributed by atoms with E-state index in [1.165, 1.54) is 11.8 Å². The molecule has 3 aromatic rings. The molecule has 0 atom stereocenters.